The molecule has 1 aromatic heterocycles. The Kier molecular flexibility index (Phi) is 6.65. The Bertz CT molecular complexity index is 464. The van der Waals surface area contributed by atoms with Gasteiger partial charge in [-0.15, -0.1) is 0 Å². The van der Waals surface area contributed by atoms with Gasteiger partial charge in [-0.1, -0.05) is 12.2 Å². The van der Waals surface area contributed by atoms with Gasteiger partial charge < -0.3 is 14.8 Å². The van der Waals surface area contributed by atoms with Crippen LogP contribution in [0.1, 0.15) is 39.7 Å². The van der Waals surface area contributed by atoms with Crippen molar-refractivity contribution in [2.45, 2.75) is 39.7 Å². The predicted octanol–water partition coefficient (Wildman–Crippen LogP) is 2.80. The Morgan fingerprint density at radius 1 is 1.33 bits per heavy atom. The molecule has 1 N–H and O–H groups in total. The van der Waals surface area contributed by atoms with E-state index >= 15 is 0 Å². The fraction of sp³-hybridized carbons (Fsp3) is 0.533. The van der Waals surface area contributed by atoms with Gasteiger partial charge >= 0.3 is 12.1 Å². The van der Waals surface area contributed by atoms with E-state index in [9.17, 15) is 4.79 Å². The van der Waals surface area contributed by atoms with Crippen LogP contribution in [0.5, 0.6) is 6.01 Å². The van der Waals surface area contributed by atoms with Crippen molar-refractivity contribution in [2.75, 3.05) is 13.2 Å². The van der Waals surface area contributed by atoms with Gasteiger partial charge in [0.2, 0.25) is 0 Å². The minimum absolute atomic E-state index is 0.376. The zero-order valence-electron chi connectivity index (χ0n) is 13.0. The molecule has 0 aliphatic carbocycles. The van der Waals surface area contributed by atoms with Crippen molar-refractivity contribution < 1.29 is 14.3 Å². The van der Waals surface area contributed by atoms with Gasteiger partial charge in [0.25, 0.3) is 0 Å². The highest BCUT2D eigenvalue weighted by Crippen LogP contribution is 2.07. The molecule has 0 spiro atoms. The molecule has 116 valence electrons. The maximum atomic E-state index is 11.4. The smallest absolute Gasteiger partial charge is 0.407 e. The second kappa shape index (κ2) is 8.24. The third-order valence-electron chi connectivity index (χ3n) is 2.21. The van der Waals surface area contributed by atoms with E-state index in [1.54, 1.807) is 12.4 Å². The number of alkyl carbamates (subject to hydrolysis) is 1. The number of hydrogen-bond donors (Lipinski definition) is 1. The highest BCUT2D eigenvalue weighted by molar-refractivity contribution is 5.67. The van der Waals surface area contributed by atoms with Crippen LogP contribution in [0.2, 0.25) is 0 Å². The molecule has 1 rings (SSSR count). The predicted molar refractivity (Wildman–Crippen MR) is 81.1 cm³/mol. The number of aromatic nitrogens is 2. The molecule has 0 radical (unpaired) electrons. The number of carbonyl (C=O) groups is 1. The second-order valence-electron chi connectivity index (χ2n) is 5.35. The monoisotopic (exact) mass is 293 g/mol. The number of ether oxygens (including phenoxy) is 2. The van der Waals surface area contributed by atoms with Crippen LogP contribution in [0.3, 0.4) is 0 Å². The highest BCUT2D eigenvalue weighted by atomic mass is 16.6. The zero-order valence-corrected chi connectivity index (χ0v) is 13.0. The Hall–Kier alpha value is -2.11. The minimum atomic E-state index is -0.473. The van der Waals surface area contributed by atoms with Gasteiger partial charge in [0.1, 0.15) is 5.60 Å². The summed E-state index contributed by atoms with van der Waals surface area (Å²) < 4.78 is 10.3. The average Bonchev–Trinajstić information content (AvgIpc) is 2.38. The number of hydrogen-bond acceptors (Lipinski definition) is 5. The molecule has 6 nitrogen and oxygen atoms in total. The molecule has 0 aliphatic rings. The lowest BCUT2D eigenvalue weighted by Crippen LogP contribution is -2.32. The lowest BCUT2D eigenvalue weighted by molar-refractivity contribution is 0.0529. The normalized spacial score (nSPS) is 11.4. The van der Waals surface area contributed by atoms with Crippen LogP contribution in [-0.2, 0) is 4.74 Å². The number of rotatable bonds is 6. The third kappa shape index (κ3) is 7.91. The molecule has 0 bridgehead atoms. The molecule has 1 aromatic rings. The summed E-state index contributed by atoms with van der Waals surface area (Å²) >= 11 is 0. The van der Waals surface area contributed by atoms with Gasteiger partial charge in [0.15, 0.2) is 0 Å². The van der Waals surface area contributed by atoms with E-state index in [-0.39, 0.29) is 0 Å². The van der Waals surface area contributed by atoms with Gasteiger partial charge in [0.05, 0.1) is 6.61 Å². The molecule has 0 fully saturated rings. The molecule has 0 saturated heterocycles. The number of nitrogens with one attached hydrogen (secondary N) is 1. The first-order valence-electron chi connectivity index (χ1n) is 6.99. The van der Waals surface area contributed by atoms with Crippen LogP contribution >= 0.6 is 0 Å². The molecule has 0 aromatic carbocycles. The summed E-state index contributed by atoms with van der Waals surface area (Å²) in [5, 5.41) is 2.69. The lowest BCUT2D eigenvalue weighted by Gasteiger charge is -2.19. The number of amides is 1. The van der Waals surface area contributed by atoms with Crippen LogP contribution in [0.4, 0.5) is 4.79 Å². The number of nitrogens with zero attached hydrogens (tertiary/aromatic N) is 2. The summed E-state index contributed by atoms with van der Waals surface area (Å²) in [5.41, 5.74) is 0.412. The Labute approximate surface area is 125 Å². The SMILES string of the molecule is CCOc1ncc(C=CCCNC(=O)OC(C)(C)C)cn1. The van der Waals surface area contributed by atoms with Gasteiger partial charge in [-0.25, -0.2) is 14.8 Å². The topological polar surface area (TPSA) is 73.3 Å². The van der Waals surface area contributed by atoms with Crippen molar-refractivity contribution in [3.8, 4) is 6.01 Å². The first-order valence-corrected chi connectivity index (χ1v) is 6.99. The Morgan fingerprint density at radius 3 is 2.57 bits per heavy atom. The molecule has 0 atom stereocenters. The largest absolute Gasteiger partial charge is 0.464 e. The molecular weight excluding hydrogens is 270 g/mol. The molecular formula is C15H23N3O3. The minimum Gasteiger partial charge on any atom is -0.464 e. The van der Waals surface area contributed by atoms with E-state index < -0.39 is 11.7 Å². The van der Waals surface area contributed by atoms with E-state index in [1.165, 1.54) is 0 Å². The Morgan fingerprint density at radius 2 is 2.00 bits per heavy atom. The molecule has 6 heteroatoms. The van der Waals surface area contributed by atoms with E-state index in [1.807, 2.05) is 39.8 Å². The average molecular weight is 293 g/mol. The van der Waals surface area contributed by atoms with Crippen molar-refractivity contribution in [1.29, 1.82) is 0 Å². The van der Waals surface area contributed by atoms with Gasteiger partial charge in [-0.3, -0.25) is 0 Å². The molecule has 0 saturated carbocycles. The standard InChI is InChI=1S/C15H23N3O3/c1-5-20-13-17-10-12(11-18-13)8-6-7-9-16-14(19)21-15(2,3)4/h6,8,10-11H,5,7,9H2,1-4H3,(H,16,19). The molecule has 1 heterocycles. The fourth-order valence-electron chi connectivity index (χ4n) is 1.41. The summed E-state index contributed by atoms with van der Waals surface area (Å²) in [7, 11) is 0. The summed E-state index contributed by atoms with van der Waals surface area (Å²) in [4.78, 5) is 19.5. The molecule has 0 aliphatic heterocycles. The van der Waals surface area contributed by atoms with Crippen molar-refractivity contribution in [1.82, 2.24) is 15.3 Å². The zero-order chi connectivity index (χ0) is 15.7. The fourth-order valence-corrected chi connectivity index (χ4v) is 1.41. The highest BCUT2D eigenvalue weighted by Gasteiger charge is 2.15. The second-order valence-corrected chi connectivity index (χ2v) is 5.35. The van der Waals surface area contributed by atoms with E-state index in [2.05, 4.69) is 15.3 Å². The van der Waals surface area contributed by atoms with Crippen LogP contribution in [-0.4, -0.2) is 34.8 Å². The summed E-state index contributed by atoms with van der Waals surface area (Å²) in [6.07, 6.45) is 7.52. The van der Waals surface area contributed by atoms with E-state index in [4.69, 9.17) is 9.47 Å². The van der Waals surface area contributed by atoms with Crippen LogP contribution in [0.25, 0.3) is 6.08 Å². The van der Waals surface area contributed by atoms with Gasteiger partial charge in [-0.2, -0.15) is 0 Å². The van der Waals surface area contributed by atoms with Gasteiger partial charge in [-0.05, 0) is 34.1 Å². The lowest BCUT2D eigenvalue weighted by atomic mass is 10.2. The van der Waals surface area contributed by atoms with E-state index in [0.717, 1.165) is 5.56 Å². The van der Waals surface area contributed by atoms with Crippen molar-refractivity contribution >= 4 is 12.2 Å². The quantitative estimate of drug-likeness (QED) is 0.816. The summed E-state index contributed by atoms with van der Waals surface area (Å²) in [6, 6.07) is 0.376. The summed E-state index contributed by atoms with van der Waals surface area (Å²) in [6.45, 7) is 8.44. The maximum absolute atomic E-state index is 11.4. The van der Waals surface area contributed by atoms with Crippen LogP contribution < -0.4 is 10.1 Å². The summed E-state index contributed by atoms with van der Waals surface area (Å²) in [5.74, 6) is 0. The van der Waals surface area contributed by atoms with E-state index in [0.29, 0.717) is 25.6 Å². The van der Waals surface area contributed by atoms with Crippen LogP contribution in [0.15, 0.2) is 18.5 Å². The first-order chi connectivity index (χ1) is 9.90. The molecule has 0 unspecified atom stereocenters. The first kappa shape index (κ1) is 16.9. The van der Waals surface area contributed by atoms with Crippen molar-refractivity contribution in [3.63, 3.8) is 0 Å². The molecule has 21 heavy (non-hydrogen) atoms. The Balaban J connectivity index is 2.27. The van der Waals surface area contributed by atoms with Gasteiger partial charge in [0, 0.05) is 24.5 Å². The van der Waals surface area contributed by atoms with Crippen LogP contribution in [0, 0.1) is 0 Å². The maximum Gasteiger partial charge on any atom is 0.407 e. The molecule has 1 amide bonds. The third-order valence-corrected chi connectivity index (χ3v) is 2.21. The number of carbonyl (C=O) groups excluding carboxylic acids is 1. The van der Waals surface area contributed by atoms with Crippen molar-refractivity contribution in [2.24, 2.45) is 0 Å². The van der Waals surface area contributed by atoms with Crippen molar-refractivity contribution in [3.05, 3.63) is 24.0 Å².